The number of benzene rings is 1. The number of halogens is 2. The van der Waals surface area contributed by atoms with E-state index in [0.717, 1.165) is 9.13 Å². The summed E-state index contributed by atoms with van der Waals surface area (Å²) >= 11 is 2.24. The third-order valence-electron chi connectivity index (χ3n) is 2.79. The molecule has 1 aromatic carbocycles. The molecule has 1 atom stereocenters. The fraction of sp³-hybridized carbons (Fsp3) is 0.500. The van der Waals surface area contributed by atoms with E-state index < -0.39 is 5.67 Å². The van der Waals surface area contributed by atoms with Gasteiger partial charge in [0.05, 0.1) is 0 Å². The molecule has 0 saturated heterocycles. The highest BCUT2D eigenvalue weighted by molar-refractivity contribution is 14.1. The predicted molar refractivity (Wildman–Crippen MR) is 70.6 cm³/mol. The van der Waals surface area contributed by atoms with Crippen molar-refractivity contribution in [2.75, 3.05) is 6.54 Å². The lowest BCUT2D eigenvalue weighted by Gasteiger charge is -2.27. The number of nitrogens with two attached hydrogens (primary N) is 1. The Morgan fingerprint density at radius 1 is 1.33 bits per heavy atom. The quantitative estimate of drug-likeness (QED) is 0.847. The van der Waals surface area contributed by atoms with Crippen molar-refractivity contribution in [2.45, 2.75) is 25.9 Å². The molecule has 0 saturated carbocycles. The first kappa shape index (κ1) is 12.9. The minimum absolute atomic E-state index is 0.0539. The summed E-state index contributed by atoms with van der Waals surface area (Å²) in [5.74, 6) is -0.0539. The van der Waals surface area contributed by atoms with Crippen LogP contribution in [0.2, 0.25) is 0 Å². The monoisotopic (exact) mass is 321 g/mol. The number of hydrogen-bond acceptors (Lipinski definition) is 1. The van der Waals surface area contributed by atoms with Crippen LogP contribution in [0.1, 0.15) is 19.4 Å². The van der Waals surface area contributed by atoms with Crippen LogP contribution in [0.5, 0.6) is 0 Å². The standard InChI is InChI=1S/C12H17FIN/c1-9(2)12(13,8-15)7-10-3-5-11(14)6-4-10/h3-6,9H,7-8,15H2,1-2H3. The van der Waals surface area contributed by atoms with Gasteiger partial charge in [-0.1, -0.05) is 26.0 Å². The molecule has 1 rings (SSSR count). The Hall–Kier alpha value is -0.160. The van der Waals surface area contributed by atoms with Crippen LogP contribution >= 0.6 is 22.6 Å². The molecular weight excluding hydrogens is 304 g/mol. The van der Waals surface area contributed by atoms with Gasteiger partial charge >= 0.3 is 0 Å². The lowest BCUT2D eigenvalue weighted by molar-refractivity contribution is 0.110. The Labute approximate surface area is 104 Å². The van der Waals surface area contributed by atoms with Gasteiger partial charge in [-0.05, 0) is 46.2 Å². The molecule has 0 aliphatic rings. The lowest BCUT2D eigenvalue weighted by atomic mass is 9.86. The zero-order valence-electron chi connectivity index (χ0n) is 9.13. The maximum Gasteiger partial charge on any atom is 0.129 e. The molecule has 1 nitrogen and oxygen atoms in total. The zero-order valence-corrected chi connectivity index (χ0v) is 11.3. The molecule has 0 aliphatic carbocycles. The first-order chi connectivity index (χ1) is 6.98. The van der Waals surface area contributed by atoms with E-state index in [0.29, 0.717) is 6.42 Å². The fourth-order valence-corrected chi connectivity index (χ4v) is 1.81. The van der Waals surface area contributed by atoms with Gasteiger partial charge in [-0.3, -0.25) is 0 Å². The van der Waals surface area contributed by atoms with Crippen molar-refractivity contribution in [3.63, 3.8) is 0 Å². The van der Waals surface area contributed by atoms with Gasteiger partial charge in [-0.15, -0.1) is 0 Å². The summed E-state index contributed by atoms with van der Waals surface area (Å²) < 4.78 is 15.5. The van der Waals surface area contributed by atoms with Crippen molar-refractivity contribution in [3.8, 4) is 0 Å². The maximum absolute atomic E-state index is 14.3. The van der Waals surface area contributed by atoms with E-state index in [-0.39, 0.29) is 12.5 Å². The molecule has 3 heteroatoms. The topological polar surface area (TPSA) is 26.0 Å². The van der Waals surface area contributed by atoms with Crippen molar-refractivity contribution < 1.29 is 4.39 Å². The Balaban J connectivity index is 2.79. The summed E-state index contributed by atoms with van der Waals surface area (Å²) in [6.07, 6.45) is 0.401. The van der Waals surface area contributed by atoms with Gasteiger partial charge in [0.25, 0.3) is 0 Å². The molecule has 2 N–H and O–H groups in total. The summed E-state index contributed by atoms with van der Waals surface area (Å²) in [7, 11) is 0. The molecule has 15 heavy (non-hydrogen) atoms. The average molecular weight is 321 g/mol. The largest absolute Gasteiger partial charge is 0.328 e. The fourth-order valence-electron chi connectivity index (χ4n) is 1.45. The summed E-state index contributed by atoms with van der Waals surface area (Å²) in [6, 6.07) is 7.92. The molecule has 0 heterocycles. The first-order valence-corrected chi connectivity index (χ1v) is 6.19. The maximum atomic E-state index is 14.3. The van der Waals surface area contributed by atoms with Crippen LogP contribution in [0.15, 0.2) is 24.3 Å². The van der Waals surface area contributed by atoms with Crippen LogP contribution in [-0.4, -0.2) is 12.2 Å². The van der Waals surface area contributed by atoms with Crippen molar-refractivity contribution in [3.05, 3.63) is 33.4 Å². The van der Waals surface area contributed by atoms with E-state index in [4.69, 9.17) is 5.73 Å². The van der Waals surface area contributed by atoms with E-state index in [1.165, 1.54) is 0 Å². The van der Waals surface area contributed by atoms with Gasteiger partial charge in [0.15, 0.2) is 0 Å². The highest BCUT2D eigenvalue weighted by Crippen LogP contribution is 2.26. The van der Waals surface area contributed by atoms with E-state index in [9.17, 15) is 4.39 Å². The molecule has 0 aromatic heterocycles. The minimum Gasteiger partial charge on any atom is -0.328 e. The summed E-state index contributed by atoms with van der Waals surface area (Å²) in [4.78, 5) is 0. The van der Waals surface area contributed by atoms with E-state index >= 15 is 0 Å². The predicted octanol–water partition coefficient (Wildman–Crippen LogP) is 3.16. The second-order valence-corrected chi connectivity index (χ2v) is 5.44. The molecule has 0 radical (unpaired) electrons. The third kappa shape index (κ3) is 3.41. The van der Waals surface area contributed by atoms with Crippen molar-refractivity contribution >= 4 is 22.6 Å². The summed E-state index contributed by atoms with van der Waals surface area (Å²) in [6.45, 7) is 3.83. The highest BCUT2D eigenvalue weighted by atomic mass is 127. The smallest absolute Gasteiger partial charge is 0.129 e. The highest BCUT2D eigenvalue weighted by Gasteiger charge is 2.32. The Morgan fingerprint density at radius 2 is 1.87 bits per heavy atom. The van der Waals surface area contributed by atoms with Gasteiger partial charge in [-0.25, -0.2) is 4.39 Å². The van der Waals surface area contributed by atoms with Crippen LogP contribution in [0.3, 0.4) is 0 Å². The normalized spacial score (nSPS) is 15.3. The van der Waals surface area contributed by atoms with Crippen LogP contribution in [0.4, 0.5) is 4.39 Å². The molecular formula is C12H17FIN. The van der Waals surface area contributed by atoms with Crippen LogP contribution in [-0.2, 0) is 6.42 Å². The zero-order chi connectivity index (χ0) is 11.5. The van der Waals surface area contributed by atoms with Crippen molar-refractivity contribution in [1.82, 2.24) is 0 Å². The molecule has 84 valence electrons. The molecule has 1 unspecified atom stereocenters. The second kappa shape index (κ2) is 5.25. The second-order valence-electron chi connectivity index (χ2n) is 4.20. The molecule has 0 aliphatic heterocycles. The van der Waals surface area contributed by atoms with E-state index in [1.807, 2.05) is 38.1 Å². The molecule has 1 aromatic rings. The van der Waals surface area contributed by atoms with Gasteiger partial charge < -0.3 is 5.73 Å². The number of hydrogen-bond donors (Lipinski definition) is 1. The van der Waals surface area contributed by atoms with Crippen molar-refractivity contribution in [1.29, 1.82) is 0 Å². The average Bonchev–Trinajstić information content (AvgIpc) is 2.21. The molecule has 0 bridgehead atoms. The van der Waals surface area contributed by atoms with Gasteiger partial charge in [-0.2, -0.15) is 0 Å². The Bertz CT molecular complexity index is 310. The third-order valence-corrected chi connectivity index (χ3v) is 3.50. The SMILES string of the molecule is CC(C)C(F)(CN)Cc1ccc(I)cc1. The van der Waals surface area contributed by atoms with Crippen LogP contribution < -0.4 is 5.73 Å². The molecule has 0 fully saturated rings. The number of alkyl halides is 1. The summed E-state index contributed by atoms with van der Waals surface area (Å²) in [5.41, 5.74) is 5.24. The summed E-state index contributed by atoms with van der Waals surface area (Å²) in [5, 5.41) is 0. The molecule has 0 amide bonds. The van der Waals surface area contributed by atoms with E-state index in [1.54, 1.807) is 0 Å². The molecule has 0 spiro atoms. The van der Waals surface area contributed by atoms with Gasteiger partial charge in [0.2, 0.25) is 0 Å². The minimum atomic E-state index is -1.28. The van der Waals surface area contributed by atoms with Gasteiger partial charge in [0, 0.05) is 16.5 Å². The Morgan fingerprint density at radius 3 is 2.27 bits per heavy atom. The first-order valence-electron chi connectivity index (χ1n) is 5.11. The van der Waals surface area contributed by atoms with Crippen LogP contribution in [0, 0.1) is 9.49 Å². The Kier molecular flexibility index (Phi) is 4.52. The van der Waals surface area contributed by atoms with Gasteiger partial charge in [0.1, 0.15) is 5.67 Å². The van der Waals surface area contributed by atoms with Crippen LogP contribution in [0.25, 0.3) is 0 Å². The lowest BCUT2D eigenvalue weighted by Crippen LogP contribution is -2.40. The number of rotatable bonds is 4. The van der Waals surface area contributed by atoms with E-state index in [2.05, 4.69) is 22.6 Å². The van der Waals surface area contributed by atoms with Crippen molar-refractivity contribution in [2.24, 2.45) is 11.7 Å².